The number of hydrogen-bond donors (Lipinski definition) is 3. The van der Waals surface area contributed by atoms with Crippen LogP contribution in [0, 0.1) is 17.1 Å². The van der Waals surface area contributed by atoms with Crippen molar-refractivity contribution >= 4 is 45.9 Å². The number of nitriles is 1. The molecule has 4 aromatic heterocycles. The van der Waals surface area contributed by atoms with Gasteiger partial charge in [0.1, 0.15) is 40.0 Å². The highest BCUT2D eigenvalue weighted by Gasteiger charge is 2.41. The molecule has 2 saturated heterocycles. The fraction of sp³-hybridized carbons (Fsp3) is 0.303. The van der Waals surface area contributed by atoms with Gasteiger partial charge < -0.3 is 25.3 Å². The number of pyridine rings is 1. The van der Waals surface area contributed by atoms with Crippen LogP contribution in [0.4, 0.5) is 26.1 Å². The summed E-state index contributed by atoms with van der Waals surface area (Å²) in [7, 11) is 1.88. The van der Waals surface area contributed by atoms with Crippen LogP contribution in [0.25, 0.3) is 28.0 Å². The first-order valence-electron chi connectivity index (χ1n) is 15.6. The van der Waals surface area contributed by atoms with Gasteiger partial charge in [0, 0.05) is 61.8 Å². The summed E-state index contributed by atoms with van der Waals surface area (Å²) >= 11 is 1.25. The monoisotopic (exact) mass is 682 g/mol. The number of carbonyl (C=O) groups excluding carboxylic acids is 1. The van der Waals surface area contributed by atoms with Crippen LogP contribution in [0.5, 0.6) is 0 Å². The second-order valence-corrected chi connectivity index (χ2v) is 12.9. The van der Waals surface area contributed by atoms with E-state index in [1.807, 2.05) is 46.5 Å². The van der Waals surface area contributed by atoms with Gasteiger partial charge in [-0.05, 0) is 42.8 Å². The van der Waals surface area contributed by atoms with Gasteiger partial charge in [-0.15, -0.1) is 0 Å². The number of aliphatic hydroxyl groups excluding tert-OH is 1. The van der Waals surface area contributed by atoms with Gasteiger partial charge in [0.15, 0.2) is 5.13 Å². The summed E-state index contributed by atoms with van der Waals surface area (Å²) in [5, 5.41) is 32.5. The lowest BCUT2D eigenvalue weighted by Crippen LogP contribution is -2.62. The molecule has 0 unspecified atom stereocenters. The molecule has 0 saturated carbocycles. The van der Waals surface area contributed by atoms with Gasteiger partial charge in [0.2, 0.25) is 11.9 Å². The van der Waals surface area contributed by atoms with Crippen molar-refractivity contribution in [2.75, 3.05) is 36.5 Å². The molecule has 16 heteroatoms. The van der Waals surface area contributed by atoms with E-state index < -0.39 is 24.1 Å². The molecule has 2 atom stereocenters. The van der Waals surface area contributed by atoms with Crippen LogP contribution < -0.4 is 15.1 Å². The number of aliphatic hydroxyl groups is 1. The van der Waals surface area contributed by atoms with Gasteiger partial charge in [0.05, 0.1) is 24.4 Å². The first-order valence-corrected chi connectivity index (χ1v) is 16.4. The molecule has 3 N–H and O–H groups in total. The Balaban J connectivity index is 1.07. The third-order valence-corrected chi connectivity index (χ3v) is 9.78. The Bertz CT molecular complexity index is 2090. The number of hydrogen-bond acceptors (Lipinski definition) is 11. The lowest BCUT2D eigenvalue weighted by Gasteiger charge is -2.40. The molecule has 1 aromatic carbocycles. The molecule has 6 heterocycles. The molecular formula is C33H31FN10O4S. The van der Waals surface area contributed by atoms with Crippen LogP contribution in [0.15, 0.2) is 55.0 Å². The van der Waals surface area contributed by atoms with Crippen molar-refractivity contribution in [3.8, 4) is 28.5 Å². The Morgan fingerprint density at radius 2 is 1.80 bits per heavy atom. The minimum atomic E-state index is -1.23. The van der Waals surface area contributed by atoms with E-state index in [1.165, 1.54) is 23.5 Å². The van der Waals surface area contributed by atoms with Crippen molar-refractivity contribution in [2.45, 2.75) is 38.0 Å². The fourth-order valence-electron chi connectivity index (χ4n) is 6.20. The predicted octanol–water partition coefficient (Wildman–Crippen LogP) is 3.67. The zero-order valence-corrected chi connectivity index (χ0v) is 27.3. The van der Waals surface area contributed by atoms with Gasteiger partial charge >= 0.3 is 6.09 Å². The standard InChI is InChI=1S/C33H31FN10O4S/c1-3-24-30(41(2)32-40-28(26(11-35)49-32)18-4-7-21(34)8-5-18)44-14-19(6-9-27(44)39-24)20-12-36-31(37-13-20)42-15-22(16-42)38-29(46)25-10-23(45)17-43(25)33(47)48/h4-9,12-14,22-23,25,45H,3,10,15-17H2,1-2H3,(H,38,46)(H,47,48)/t23-,25+/m0/s1. The Morgan fingerprint density at radius 3 is 2.47 bits per heavy atom. The molecule has 2 aliphatic rings. The van der Waals surface area contributed by atoms with Crippen molar-refractivity contribution in [3.05, 3.63) is 71.4 Å². The lowest BCUT2D eigenvalue weighted by atomic mass is 10.1. The molecule has 5 aromatic rings. The smallest absolute Gasteiger partial charge is 0.408 e. The zero-order chi connectivity index (χ0) is 34.4. The van der Waals surface area contributed by atoms with Crippen LogP contribution in [0.3, 0.4) is 0 Å². The quantitative estimate of drug-likeness (QED) is 0.218. The number of likely N-dealkylation sites (tertiary alicyclic amines) is 1. The van der Waals surface area contributed by atoms with E-state index in [0.717, 1.165) is 33.2 Å². The van der Waals surface area contributed by atoms with Crippen molar-refractivity contribution < 1.29 is 24.2 Å². The maximum absolute atomic E-state index is 13.6. The Kier molecular flexibility index (Phi) is 8.30. The van der Waals surface area contributed by atoms with Crippen molar-refractivity contribution in [3.63, 3.8) is 0 Å². The van der Waals surface area contributed by atoms with Crippen LogP contribution in [0.2, 0.25) is 0 Å². The summed E-state index contributed by atoms with van der Waals surface area (Å²) in [5.74, 6) is 0.523. The number of nitrogens with one attached hydrogen (secondary N) is 1. The number of carboxylic acid groups (broad SMARTS) is 1. The number of carbonyl (C=O) groups is 2. The number of benzene rings is 1. The minimum Gasteiger partial charge on any atom is -0.465 e. The minimum absolute atomic E-state index is 0.0764. The molecule has 2 aliphatic heterocycles. The second kappa shape index (κ2) is 12.7. The molecule has 0 aliphatic carbocycles. The van der Waals surface area contributed by atoms with Gasteiger partial charge in [0.25, 0.3) is 0 Å². The number of anilines is 3. The fourth-order valence-corrected chi connectivity index (χ4v) is 7.05. The summed E-state index contributed by atoms with van der Waals surface area (Å²) in [6, 6.07) is 10.9. The number of halogens is 1. The highest BCUT2D eigenvalue weighted by Crippen LogP contribution is 2.37. The van der Waals surface area contributed by atoms with Gasteiger partial charge in [-0.25, -0.2) is 29.1 Å². The van der Waals surface area contributed by atoms with Crippen LogP contribution in [-0.2, 0) is 11.2 Å². The number of rotatable bonds is 8. The molecule has 0 radical (unpaired) electrons. The van der Waals surface area contributed by atoms with Gasteiger partial charge in [-0.2, -0.15) is 5.26 Å². The molecule has 250 valence electrons. The number of imidazole rings is 1. The number of amides is 2. The maximum atomic E-state index is 13.6. The predicted molar refractivity (Wildman–Crippen MR) is 179 cm³/mol. The van der Waals surface area contributed by atoms with E-state index in [0.29, 0.717) is 46.7 Å². The zero-order valence-electron chi connectivity index (χ0n) is 26.5. The molecule has 49 heavy (non-hydrogen) atoms. The summed E-state index contributed by atoms with van der Waals surface area (Å²) in [6.07, 6.45) is 4.07. The SMILES string of the molecule is CCc1nc2ccc(-c3cnc(N4CC(NC(=O)[C@H]5C[C@H](O)CN5C(=O)O)C4)nc3)cn2c1N(C)c1nc(-c2ccc(F)cc2)c(C#N)s1. The van der Waals surface area contributed by atoms with E-state index in [9.17, 15) is 29.5 Å². The number of aromatic nitrogens is 5. The number of aryl methyl sites for hydroxylation is 1. The lowest BCUT2D eigenvalue weighted by molar-refractivity contribution is -0.126. The van der Waals surface area contributed by atoms with Crippen molar-refractivity contribution in [2.24, 2.45) is 0 Å². The first-order chi connectivity index (χ1) is 23.6. The average molecular weight is 683 g/mol. The Morgan fingerprint density at radius 1 is 1.08 bits per heavy atom. The normalized spacial score (nSPS) is 17.6. The van der Waals surface area contributed by atoms with Crippen LogP contribution >= 0.6 is 11.3 Å². The highest BCUT2D eigenvalue weighted by atomic mass is 32.1. The topological polar surface area (TPSA) is 176 Å². The molecule has 2 fully saturated rings. The molecule has 14 nitrogen and oxygen atoms in total. The van der Waals surface area contributed by atoms with E-state index in [2.05, 4.69) is 21.4 Å². The van der Waals surface area contributed by atoms with Crippen molar-refractivity contribution in [1.29, 1.82) is 5.26 Å². The molecule has 7 rings (SSSR count). The number of thiazole rings is 1. The third kappa shape index (κ3) is 5.98. The Labute approximate surface area is 283 Å². The van der Waals surface area contributed by atoms with Crippen LogP contribution in [0.1, 0.15) is 23.9 Å². The van der Waals surface area contributed by atoms with Gasteiger partial charge in [-0.3, -0.25) is 14.1 Å². The summed E-state index contributed by atoms with van der Waals surface area (Å²) < 4.78 is 15.5. The van der Waals surface area contributed by atoms with E-state index in [4.69, 9.17) is 9.97 Å². The number of nitrogens with zero attached hydrogens (tertiary/aromatic N) is 9. The number of fused-ring (bicyclic) bond motifs is 1. The molecule has 0 bridgehead atoms. The summed E-state index contributed by atoms with van der Waals surface area (Å²) in [6.45, 7) is 2.88. The molecule has 0 spiro atoms. The third-order valence-electron chi connectivity index (χ3n) is 8.75. The summed E-state index contributed by atoms with van der Waals surface area (Å²) in [5.41, 5.74) is 4.38. The van der Waals surface area contributed by atoms with E-state index in [1.54, 1.807) is 24.5 Å². The van der Waals surface area contributed by atoms with E-state index >= 15 is 0 Å². The highest BCUT2D eigenvalue weighted by molar-refractivity contribution is 7.16. The van der Waals surface area contributed by atoms with Crippen molar-refractivity contribution in [1.82, 2.24) is 34.6 Å². The Hall–Kier alpha value is -5.66. The van der Waals surface area contributed by atoms with E-state index in [-0.39, 0.29) is 24.8 Å². The first kappa shape index (κ1) is 31.9. The van der Waals surface area contributed by atoms with Crippen LogP contribution in [-0.4, -0.2) is 96.3 Å². The molecular weight excluding hydrogens is 651 g/mol. The maximum Gasteiger partial charge on any atom is 0.408 e. The molecule has 2 amide bonds. The second-order valence-electron chi connectivity index (χ2n) is 12.0. The average Bonchev–Trinajstić information content (AvgIpc) is 3.81. The summed E-state index contributed by atoms with van der Waals surface area (Å²) in [4.78, 5) is 48.1. The van der Waals surface area contributed by atoms with Gasteiger partial charge in [-0.1, -0.05) is 18.3 Å². The largest absolute Gasteiger partial charge is 0.465 e. The number of β-amino-alcohol motifs (C(OH)–C–C–N with tert-alkyl or cyclic N) is 1.